The molecule has 1 aromatic rings. The van der Waals surface area contributed by atoms with Crippen molar-refractivity contribution >= 4 is 17.6 Å². The lowest BCUT2D eigenvalue weighted by atomic mass is 10.1. The normalized spacial score (nSPS) is 19.8. The first-order chi connectivity index (χ1) is 9.54. The minimum atomic E-state index is -0.749. The number of hydrogen-bond acceptors (Lipinski definition) is 3. The van der Waals surface area contributed by atoms with E-state index in [0.717, 1.165) is 42.3 Å². The number of likely N-dealkylation sites (tertiary alicyclic amines) is 1. The zero-order chi connectivity index (χ0) is 14.5. The first kappa shape index (κ1) is 15.1. The van der Waals surface area contributed by atoms with Crippen molar-refractivity contribution in [2.24, 2.45) is 0 Å². The molecular formula is C15H20ClNO3. The van der Waals surface area contributed by atoms with Gasteiger partial charge in [0.15, 0.2) is 0 Å². The number of benzene rings is 1. The lowest BCUT2D eigenvalue weighted by Gasteiger charge is -2.32. The SMILES string of the molecule is Cc1cc(OC2CCCN(CCC(=O)O)C2)ccc1Cl. The summed E-state index contributed by atoms with van der Waals surface area (Å²) in [6, 6.07) is 5.67. The van der Waals surface area contributed by atoms with Gasteiger partial charge in [-0.25, -0.2) is 0 Å². The molecule has 0 aromatic heterocycles. The molecule has 1 aliphatic heterocycles. The second-order valence-electron chi connectivity index (χ2n) is 5.24. The molecule has 4 nitrogen and oxygen atoms in total. The number of piperidine rings is 1. The molecule has 5 heteroatoms. The standard InChI is InChI=1S/C15H20ClNO3/c1-11-9-12(4-5-14(11)16)20-13-3-2-7-17(10-13)8-6-15(18)19/h4-5,9,13H,2-3,6-8,10H2,1H3,(H,18,19). The maximum absolute atomic E-state index is 10.6. The van der Waals surface area contributed by atoms with E-state index in [1.165, 1.54) is 0 Å². The van der Waals surface area contributed by atoms with Crippen LogP contribution in [0.2, 0.25) is 5.02 Å². The molecule has 0 spiro atoms. The van der Waals surface area contributed by atoms with Crippen molar-refractivity contribution in [1.29, 1.82) is 0 Å². The van der Waals surface area contributed by atoms with Crippen LogP contribution in [0.1, 0.15) is 24.8 Å². The van der Waals surface area contributed by atoms with Crippen molar-refractivity contribution in [2.75, 3.05) is 19.6 Å². The minimum absolute atomic E-state index is 0.123. The third kappa shape index (κ3) is 4.39. The van der Waals surface area contributed by atoms with Crippen LogP contribution in [0, 0.1) is 6.92 Å². The van der Waals surface area contributed by atoms with Gasteiger partial charge in [0.1, 0.15) is 11.9 Å². The van der Waals surface area contributed by atoms with E-state index >= 15 is 0 Å². The fraction of sp³-hybridized carbons (Fsp3) is 0.533. The molecule has 1 N–H and O–H groups in total. The van der Waals surface area contributed by atoms with Gasteiger partial charge in [-0.2, -0.15) is 0 Å². The van der Waals surface area contributed by atoms with Gasteiger partial charge in [0.05, 0.1) is 6.42 Å². The van der Waals surface area contributed by atoms with Crippen LogP contribution in [0.5, 0.6) is 5.75 Å². The molecule has 1 unspecified atom stereocenters. The van der Waals surface area contributed by atoms with Crippen molar-refractivity contribution < 1.29 is 14.6 Å². The van der Waals surface area contributed by atoms with Gasteiger partial charge in [-0.05, 0) is 50.1 Å². The summed E-state index contributed by atoms with van der Waals surface area (Å²) in [5.74, 6) is 0.0818. The highest BCUT2D eigenvalue weighted by Crippen LogP contribution is 2.24. The van der Waals surface area contributed by atoms with Gasteiger partial charge in [-0.1, -0.05) is 11.6 Å². The largest absolute Gasteiger partial charge is 0.489 e. The average molecular weight is 298 g/mol. The average Bonchev–Trinajstić information content (AvgIpc) is 2.41. The Kier molecular flexibility index (Phi) is 5.26. The number of rotatable bonds is 5. The molecule has 1 aromatic carbocycles. The van der Waals surface area contributed by atoms with Crippen molar-refractivity contribution in [2.45, 2.75) is 32.3 Å². The zero-order valence-corrected chi connectivity index (χ0v) is 12.4. The Morgan fingerprint density at radius 1 is 1.55 bits per heavy atom. The zero-order valence-electron chi connectivity index (χ0n) is 11.6. The number of halogens is 1. The van der Waals surface area contributed by atoms with Crippen molar-refractivity contribution in [3.63, 3.8) is 0 Å². The smallest absolute Gasteiger partial charge is 0.304 e. The summed E-state index contributed by atoms with van der Waals surface area (Å²) in [5.41, 5.74) is 1.00. The molecule has 0 aliphatic carbocycles. The first-order valence-electron chi connectivity index (χ1n) is 6.91. The Morgan fingerprint density at radius 3 is 3.05 bits per heavy atom. The number of aryl methyl sites for hydroxylation is 1. The highest BCUT2D eigenvalue weighted by Gasteiger charge is 2.21. The van der Waals surface area contributed by atoms with E-state index in [2.05, 4.69) is 4.90 Å². The van der Waals surface area contributed by atoms with Crippen molar-refractivity contribution in [3.8, 4) is 5.75 Å². The fourth-order valence-corrected chi connectivity index (χ4v) is 2.57. The van der Waals surface area contributed by atoms with E-state index in [1.54, 1.807) is 0 Å². The molecule has 0 amide bonds. The summed E-state index contributed by atoms with van der Waals surface area (Å²) >= 11 is 6.00. The monoisotopic (exact) mass is 297 g/mol. The Hall–Kier alpha value is -1.26. The molecule has 1 atom stereocenters. The number of hydrogen-bond donors (Lipinski definition) is 1. The molecule has 0 radical (unpaired) electrons. The molecular weight excluding hydrogens is 278 g/mol. The number of carboxylic acid groups (broad SMARTS) is 1. The van der Waals surface area contributed by atoms with Gasteiger partial charge in [0, 0.05) is 18.1 Å². The maximum atomic E-state index is 10.6. The third-order valence-corrected chi connectivity index (χ3v) is 3.96. The Balaban J connectivity index is 1.88. The van der Waals surface area contributed by atoms with Gasteiger partial charge in [-0.15, -0.1) is 0 Å². The highest BCUT2D eigenvalue weighted by atomic mass is 35.5. The van der Waals surface area contributed by atoms with E-state index in [9.17, 15) is 4.79 Å². The number of aliphatic carboxylic acids is 1. The predicted molar refractivity (Wildman–Crippen MR) is 78.5 cm³/mol. The number of carboxylic acids is 1. The summed E-state index contributed by atoms with van der Waals surface area (Å²) in [7, 11) is 0. The molecule has 0 saturated carbocycles. The summed E-state index contributed by atoms with van der Waals surface area (Å²) in [6.45, 7) is 4.28. The van der Waals surface area contributed by atoms with Gasteiger partial charge >= 0.3 is 5.97 Å². The highest BCUT2D eigenvalue weighted by molar-refractivity contribution is 6.31. The maximum Gasteiger partial charge on any atom is 0.304 e. The summed E-state index contributed by atoms with van der Waals surface area (Å²) in [6.07, 6.45) is 2.35. The van der Waals surface area contributed by atoms with E-state index in [1.807, 2.05) is 25.1 Å². The first-order valence-corrected chi connectivity index (χ1v) is 7.29. The molecule has 1 heterocycles. The molecule has 2 rings (SSSR count). The van der Waals surface area contributed by atoms with Gasteiger partial charge in [0.2, 0.25) is 0 Å². The predicted octanol–water partition coefficient (Wildman–Crippen LogP) is 2.97. The Bertz CT molecular complexity index is 478. The Labute approximate surface area is 124 Å². The number of nitrogens with zero attached hydrogens (tertiary/aromatic N) is 1. The minimum Gasteiger partial charge on any atom is -0.489 e. The van der Waals surface area contributed by atoms with E-state index in [4.69, 9.17) is 21.4 Å². The van der Waals surface area contributed by atoms with Crippen LogP contribution in [-0.4, -0.2) is 41.7 Å². The third-order valence-electron chi connectivity index (χ3n) is 3.54. The quantitative estimate of drug-likeness (QED) is 0.908. The molecule has 0 bridgehead atoms. The van der Waals surface area contributed by atoms with Crippen LogP contribution in [0.25, 0.3) is 0 Å². The molecule has 110 valence electrons. The summed E-state index contributed by atoms with van der Waals surface area (Å²) in [5, 5.41) is 9.47. The van der Waals surface area contributed by atoms with Crippen LogP contribution in [0.15, 0.2) is 18.2 Å². The molecule has 20 heavy (non-hydrogen) atoms. The van der Waals surface area contributed by atoms with Crippen LogP contribution in [-0.2, 0) is 4.79 Å². The lowest BCUT2D eigenvalue weighted by Crippen LogP contribution is -2.41. The second kappa shape index (κ2) is 6.95. The van der Waals surface area contributed by atoms with Crippen molar-refractivity contribution in [3.05, 3.63) is 28.8 Å². The molecule has 1 aliphatic rings. The lowest BCUT2D eigenvalue weighted by molar-refractivity contribution is -0.137. The van der Waals surface area contributed by atoms with Gasteiger partial charge in [-0.3, -0.25) is 9.69 Å². The van der Waals surface area contributed by atoms with Crippen molar-refractivity contribution in [1.82, 2.24) is 4.90 Å². The molecule has 1 saturated heterocycles. The second-order valence-corrected chi connectivity index (χ2v) is 5.64. The van der Waals surface area contributed by atoms with Gasteiger partial charge < -0.3 is 9.84 Å². The van der Waals surface area contributed by atoms with E-state index < -0.39 is 5.97 Å². The van der Waals surface area contributed by atoms with Crippen LogP contribution >= 0.6 is 11.6 Å². The number of ether oxygens (including phenoxy) is 1. The van der Waals surface area contributed by atoms with Crippen LogP contribution < -0.4 is 4.74 Å². The van der Waals surface area contributed by atoms with Crippen LogP contribution in [0.4, 0.5) is 0 Å². The van der Waals surface area contributed by atoms with Crippen LogP contribution in [0.3, 0.4) is 0 Å². The van der Waals surface area contributed by atoms with E-state index in [-0.39, 0.29) is 12.5 Å². The number of carbonyl (C=O) groups is 1. The summed E-state index contributed by atoms with van der Waals surface area (Å²) < 4.78 is 5.98. The Morgan fingerprint density at radius 2 is 2.35 bits per heavy atom. The topological polar surface area (TPSA) is 49.8 Å². The molecule has 1 fully saturated rings. The van der Waals surface area contributed by atoms with E-state index in [0.29, 0.717) is 6.54 Å². The van der Waals surface area contributed by atoms with Gasteiger partial charge in [0.25, 0.3) is 0 Å². The summed E-state index contributed by atoms with van der Waals surface area (Å²) in [4.78, 5) is 12.8. The fourth-order valence-electron chi connectivity index (χ4n) is 2.45.